The van der Waals surface area contributed by atoms with Crippen molar-refractivity contribution in [3.63, 3.8) is 0 Å². The highest BCUT2D eigenvalue weighted by Crippen LogP contribution is 2.21. The molecule has 0 aliphatic heterocycles. The second-order valence-corrected chi connectivity index (χ2v) is 5.75. The highest BCUT2D eigenvalue weighted by Gasteiger charge is 2.18. The van der Waals surface area contributed by atoms with Gasteiger partial charge < -0.3 is 10.1 Å². The third kappa shape index (κ3) is 4.11. The van der Waals surface area contributed by atoms with Crippen LogP contribution in [0.1, 0.15) is 26.3 Å². The molecule has 0 saturated carbocycles. The summed E-state index contributed by atoms with van der Waals surface area (Å²) in [4.78, 5) is 23.6. The van der Waals surface area contributed by atoms with E-state index in [1.54, 1.807) is 36.0 Å². The first-order chi connectivity index (χ1) is 11.5. The van der Waals surface area contributed by atoms with Crippen LogP contribution < -0.4 is 5.32 Å². The zero-order valence-corrected chi connectivity index (χ0v) is 13.9. The fraction of sp³-hybridized carbons (Fsp3) is 0.176. The minimum absolute atomic E-state index is 0.296. The predicted molar refractivity (Wildman–Crippen MR) is 89.3 cm³/mol. The third-order valence-electron chi connectivity index (χ3n) is 3.24. The Balaban J connectivity index is 2.23. The van der Waals surface area contributed by atoms with Crippen LogP contribution >= 0.6 is 11.8 Å². The predicted octanol–water partition coefficient (Wildman–Crippen LogP) is 3.87. The average molecular weight is 351 g/mol. The van der Waals surface area contributed by atoms with Crippen LogP contribution in [0.3, 0.4) is 0 Å². The molecule has 126 valence electrons. The third-order valence-corrected chi connectivity index (χ3v) is 3.86. The number of carbonyl (C=O) groups is 2. The summed E-state index contributed by atoms with van der Waals surface area (Å²) in [7, 11) is 1.08. The van der Waals surface area contributed by atoms with Crippen LogP contribution in [0.2, 0.25) is 0 Å². The van der Waals surface area contributed by atoms with E-state index < -0.39 is 29.1 Å². The number of ether oxygens (including phenoxy) is 1. The van der Waals surface area contributed by atoms with E-state index in [0.29, 0.717) is 11.6 Å². The molecule has 0 bridgehead atoms. The van der Waals surface area contributed by atoms with Crippen LogP contribution in [-0.4, -0.2) is 25.2 Å². The number of amides is 1. The summed E-state index contributed by atoms with van der Waals surface area (Å²) < 4.78 is 31.8. The topological polar surface area (TPSA) is 55.4 Å². The van der Waals surface area contributed by atoms with Crippen LogP contribution in [0.15, 0.2) is 36.4 Å². The molecule has 0 radical (unpaired) electrons. The first-order valence-corrected chi connectivity index (χ1v) is 8.32. The van der Waals surface area contributed by atoms with Crippen molar-refractivity contribution in [3.8, 4) is 0 Å². The minimum atomic E-state index is -1.06. The molecule has 0 atom stereocenters. The number of rotatable bonds is 5. The van der Waals surface area contributed by atoms with Crippen LogP contribution in [0.5, 0.6) is 0 Å². The molecule has 0 heterocycles. The van der Waals surface area contributed by atoms with Gasteiger partial charge in [-0.3, -0.25) is 4.79 Å². The van der Waals surface area contributed by atoms with Crippen molar-refractivity contribution in [1.82, 2.24) is 0 Å². The van der Waals surface area contributed by atoms with Gasteiger partial charge in [-0.1, -0.05) is 12.1 Å². The molecule has 1 amide bonds. The summed E-state index contributed by atoms with van der Waals surface area (Å²) >= 11 is 1.65. The molecule has 0 spiro atoms. The van der Waals surface area contributed by atoms with Crippen molar-refractivity contribution < 1.29 is 23.1 Å². The monoisotopic (exact) mass is 351 g/mol. The number of anilines is 1. The van der Waals surface area contributed by atoms with E-state index >= 15 is 0 Å². The number of methoxy groups -OCH3 is 1. The van der Waals surface area contributed by atoms with E-state index in [1.807, 2.05) is 6.26 Å². The number of nitrogens with one attached hydrogen (secondary N) is 1. The first-order valence-electron chi connectivity index (χ1n) is 6.93. The number of thioether (sulfide) groups is 1. The Hall–Kier alpha value is -2.41. The van der Waals surface area contributed by atoms with Crippen molar-refractivity contribution in [3.05, 3.63) is 64.7 Å². The van der Waals surface area contributed by atoms with Gasteiger partial charge >= 0.3 is 5.97 Å². The molecule has 0 aliphatic carbocycles. The Bertz CT molecular complexity index is 763. The lowest BCUT2D eigenvalue weighted by Crippen LogP contribution is -2.15. The normalized spacial score (nSPS) is 10.3. The standard InChI is InChI=1S/C17H15F2NO3S/c1-23-17(22)12-7-15(14(19)8-13(12)18)20-16(21)11-5-3-10(4-6-11)9-24-2/h3-8H,9H2,1-2H3,(H,20,21). The van der Waals surface area contributed by atoms with Crippen LogP contribution in [0.4, 0.5) is 14.5 Å². The summed E-state index contributed by atoms with van der Waals surface area (Å²) in [6, 6.07) is 8.27. The lowest BCUT2D eigenvalue weighted by Gasteiger charge is -2.09. The Kier molecular flexibility index (Phi) is 5.92. The minimum Gasteiger partial charge on any atom is -0.465 e. The molecule has 4 nitrogen and oxygen atoms in total. The number of esters is 1. The van der Waals surface area contributed by atoms with Crippen LogP contribution in [0.25, 0.3) is 0 Å². The number of hydrogen-bond acceptors (Lipinski definition) is 4. The maximum atomic E-state index is 13.8. The molecule has 24 heavy (non-hydrogen) atoms. The molecule has 0 fully saturated rings. The van der Waals surface area contributed by atoms with E-state index in [9.17, 15) is 18.4 Å². The zero-order chi connectivity index (χ0) is 17.7. The van der Waals surface area contributed by atoms with Crippen molar-refractivity contribution in [2.75, 3.05) is 18.7 Å². The Labute approximate surface area is 142 Å². The second-order valence-electron chi connectivity index (χ2n) is 4.89. The van der Waals surface area contributed by atoms with Crippen molar-refractivity contribution in [1.29, 1.82) is 0 Å². The molecule has 1 N–H and O–H groups in total. The van der Waals surface area contributed by atoms with Crippen LogP contribution in [-0.2, 0) is 10.5 Å². The van der Waals surface area contributed by atoms with Gasteiger partial charge in [0.1, 0.15) is 11.6 Å². The fourth-order valence-corrected chi connectivity index (χ4v) is 2.55. The SMILES string of the molecule is COC(=O)c1cc(NC(=O)c2ccc(CSC)cc2)c(F)cc1F. The highest BCUT2D eigenvalue weighted by molar-refractivity contribution is 7.97. The number of carbonyl (C=O) groups excluding carboxylic acids is 2. The van der Waals surface area contributed by atoms with Gasteiger partial charge in [0.2, 0.25) is 0 Å². The van der Waals surface area contributed by atoms with Gasteiger partial charge in [-0.05, 0) is 30.0 Å². The lowest BCUT2D eigenvalue weighted by atomic mass is 10.1. The van der Waals surface area contributed by atoms with Gasteiger partial charge in [-0.15, -0.1) is 0 Å². The van der Waals surface area contributed by atoms with E-state index in [0.717, 1.165) is 24.5 Å². The van der Waals surface area contributed by atoms with Crippen molar-refractivity contribution >= 4 is 29.3 Å². The number of halogens is 2. The summed E-state index contributed by atoms with van der Waals surface area (Å²) in [6.45, 7) is 0. The van der Waals surface area contributed by atoms with E-state index in [4.69, 9.17) is 0 Å². The van der Waals surface area contributed by atoms with Crippen molar-refractivity contribution in [2.45, 2.75) is 5.75 Å². The molecule has 7 heteroatoms. The van der Waals surface area contributed by atoms with E-state index in [2.05, 4.69) is 10.1 Å². The Morgan fingerprint density at radius 2 is 1.79 bits per heavy atom. The summed E-state index contributed by atoms with van der Waals surface area (Å²) in [5.74, 6) is -2.74. The van der Waals surface area contributed by atoms with E-state index in [1.165, 1.54) is 0 Å². The quantitative estimate of drug-likeness (QED) is 0.831. The smallest absolute Gasteiger partial charge is 0.340 e. The maximum Gasteiger partial charge on any atom is 0.340 e. The highest BCUT2D eigenvalue weighted by atomic mass is 32.2. The molecule has 2 rings (SSSR count). The molecule has 2 aromatic carbocycles. The zero-order valence-electron chi connectivity index (χ0n) is 13.1. The molecule has 0 unspecified atom stereocenters. The van der Waals surface area contributed by atoms with E-state index in [-0.39, 0.29) is 5.69 Å². The Morgan fingerprint density at radius 3 is 2.38 bits per heavy atom. The number of hydrogen-bond donors (Lipinski definition) is 1. The van der Waals surface area contributed by atoms with Crippen LogP contribution in [0, 0.1) is 11.6 Å². The molecule has 0 aliphatic rings. The molecule has 2 aromatic rings. The maximum absolute atomic E-state index is 13.8. The first kappa shape index (κ1) is 17.9. The summed E-state index contributed by atoms with van der Waals surface area (Å²) in [5.41, 5.74) is 0.627. The average Bonchev–Trinajstić information content (AvgIpc) is 2.57. The summed E-state index contributed by atoms with van der Waals surface area (Å²) in [6.07, 6.45) is 1.97. The largest absolute Gasteiger partial charge is 0.465 e. The van der Waals surface area contributed by atoms with Gasteiger partial charge in [0.15, 0.2) is 0 Å². The lowest BCUT2D eigenvalue weighted by molar-refractivity contribution is 0.0595. The van der Waals surface area contributed by atoms with Gasteiger partial charge in [0.25, 0.3) is 5.91 Å². The molecular weight excluding hydrogens is 336 g/mol. The van der Waals surface area contributed by atoms with Gasteiger partial charge in [0.05, 0.1) is 18.4 Å². The summed E-state index contributed by atoms with van der Waals surface area (Å²) in [5, 5.41) is 2.33. The van der Waals surface area contributed by atoms with Gasteiger partial charge in [-0.25, -0.2) is 13.6 Å². The van der Waals surface area contributed by atoms with Gasteiger partial charge in [0, 0.05) is 17.4 Å². The number of benzene rings is 2. The molecule has 0 aromatic heterocycles. The molecular formula is C17H15F2NO3S. The van der Waals surface area contributed by atoms with Gasteiger partial charge in [-0.2, -0.15) is 11.8 Å². The second kappa shape index (κ2) is 7.92. The molecule has 0 saturated heterocycles. The van der Waals surface area contributed by atoms with Crippen molar-refractivity contribution in [2.24, 2.45) is 0 Å². The fourth-order valence-electron chi connectivity index (χ4n) is 2.02. The Morgan fingerprint density at radius 1 is 1.12 bits per heavy atom.